The second-order valence-electron chi connectivity index (χ2n) is 4.94. The molecule has 2 N–H and O–H groups in total. The molecule has 0 radical (unpaired) electrons. The molecule has 0 fully saturated rings. The zero-order valence-electron chi connectivity index (χ0n) is 12.2. The fourth-order valence-electron chi connectivity index (χ4n) is 2.13. The minimum atomic E-state index is 0. The summed E-state index contributed by atoms with van der Waals surface area (Å²) in [6, 6.07) is 10.9. The maximum atomic E-state index is 5.72. The average molecular weight is 316 g/mol. The first-order valence-corrected chi connectivity index (χ1v) is 6.37. The van der Waals surface area contributed by atoms with Gasteiger partial charge in [-0.15, -0.1) is 24.8 Å². The molecule has 20 heavy (non-hydrogen) atoms. The molecular weight excluding hydrogens is 293 g/mol. The quantitative estimate of drug-likeness (QED) is 0.942. The van der Waals surface area contributed by atoms with Crippen molar-refractivity contribution in [1.29, 1.82) is 0 Å². The lowest BCUT2D eigenvalue weighted by Gasteiger charge is -2.24. The van der Waals surface area contributed by atoms with Gasteiger partial charge in [0.1, 0.15) is 0 Å². The van der Waals surface area contributed by atoms with Crippen molar-refractivity contribution in [3.63, 3.8) is 0 Å². The lowest BCUT2D eigenvalue weighted by molar-refractivity contribution is 0.255. The third kappa shape index (κ3) is 4.32. The molecule has 1 aromatic carbocycles. The summed E-state index contributed by atoms with van der Waals surface area (Å²) in [6.07, 6.45) is 0. The molecular formula is C15H23Cl2N3. The first-order chi connectivity index (χ1) is 8.61. The number of hydrogen-bond acceptors (Lipinski definition) is 3. The predicted octanol–water partition coefficient (Wildman–Crippen LogP) is 3.17. The van der Waals surface area contributed by atoms with E-state index in [9.17, 15) is 0 Å². The van der Waals surface area contributed by atoms with E-state index in [1.807, 2.05) is 13.0 Å². The Labute approximate surface area is 133 Å². The number of para-hydroxylation sites is 1. The van der Waals surface area contributed by atoms with E-state index in [4.69, 9.17) is 5.73 Å². The molecule has 1 atom stereocenters. The van der Waals surface area contributed by atoms with Crippen molar-refractivity contribution in [1.82, 2.24) is 9.88 Å². The predicted molar refractivity (Wildman–Crippen MR) is 91.0 cm³/mol. The number of pyridine rings is 1. The molecule has 2 aromatic rings. The number of hydrogen-bond donors (Lipinski definition) is 1. The number of nitrogens with zero attached hydrogens (tertiary/aromatic N) is 2. The van der Waals surface area contributed by atoms with E-state index in [2.05, 4.69) is 48.1 Å². The number of aromatic nitrogens is 1. The van der Waals surface area contributed by atoms with E-state index in [1.165, 1.54) is 10.9 Å². The molecule has 1 heterocycles. The van der Waals surface area contributed by atoms with Gasteiger partial charge in [0.25, 0.3) is 0 Å². The maximum absolute atomic E-state index is 5.72. The number of nitrogens with two attached hydrogens (primary N) is 1. The van der Waals surface area contributed by atoms with Gasteiger partial charge in [-0.3, -0.25) is 9.88 Å². The third-order valence-electron chi connectivity index (χ3n) is 3.44. The molecule has 0 bridgehead atoms. The lowest BCUT2D eigenvalue weighted by Crippen LogP contribution is -2.34. The van der Waals surface area contributed by atoms with Crippen molar-refractivity contribution in [2.24, 2.45) is 5.73 Å². The molecule has 2 rings (SSSR count). The van der Waals surface area contributed by atoms with Gasteiger partial charge in [0.15, 0.2) is 0 Å². The Morgan fingerprint density at radius 2 is 1.90 bits per heavy atom. The summed E-state index contributed by atoms with van der Waals surface area (Å²) >= 11 is 0. The van der Waals surface area contributed by atoms with E-state index in [-0.39, 0.29) is 24.8 Å². The Kier molecular flexibility index (Phi) is 8.06. The van der Waals surface area contributed by atoms with E-state index >= 15 is 0 Å². The van der Waals surface area contributed by atoms with Crippen molar-refractivity contribution < 1.29 is 0 Å². The normalized spacial score (nSPS) is 11.8. The summed E-state index contributed by atoms with van der Waals surface area (Å²) < 4.78 is 0. The molecule has 112 valence electrons. The van der Waals surface area contributed by atoms with Crippen molar-refractivity contribution >= 4 is 35.7 Å². The number of halogens is 2. The lowest BCUT2D eigenvalue weighted by atomic mass is 10.1. The summed E-state index contributed by atoms with van der Waals surface area (Å²) in [6.45, 7) is 5.78. The van der Waals surface area contributed by atoms with Crippen LogP contribution in [0.5, 0.6) is 0 Å². The summed E-state index contributed by atoms with van der Waals surface area (Å²) in [7, 11) is 2.11. The van der Waals surface area contributed by atoms with Crippen LogP contribution in [0.25, 0.3) is 10.9 Å². The zero-order valence-corrected chi connectivity index (χ0v) is 13.8. The van der Waals surface area contributed by atoms with Gasteiger partial charge in [-0.25, -0.2) is 0 Å². The standard InChI is InChI=1S/C15H21N3.2ClH/c1-11-8-13(10-18(3)12(2)9-16)14-6-4-5-7-15(14)17-11;;/h4-8,12H,9-10,16H2,1-3H3;2*1H. The van der Waals surface area contributed by atoms with Gasteiger partial charge in [-0.1, -0.05) is 18.2 Å². The Morgan fingerprint density at radius 1 is 1.25 bits per heavy atom. The van der Waals surface area contributed by atoms with Gasteiger partial charge in [-0.05, 0) is 38.6 Å². The van der Waals surface area contributed by atoms with E-state index in [1.54, 1.807) is 0 Å². The first kappa shape index (κ1) is 19.1. The number of aryl methyl sites for hydroxylation is 1. The smallest absolute Gasteiger partial charge is 0.0708 e. The minimum absolute atomic E-state index is 0. The highest BCUT2D eigenvalue weighted by molar-refractivity contribution is 5.85. The molecule has 5 heteroatoms. The van der Waals surface area contributed by atoms with Crippen LogP contribution in [-0.4, -0.2) is 29.5 Å². The average Bonchev–Trinajstić information content (AvgIpc) is 2.37. The monoisotopic (exact) mass is 315 g/mol. The number of likely N-dealkylation sites (N-methyl/N-ethyl adjacent to an activating group) is 1. The Bertz CT molecular complexity index is 546. The van der Waals surface area contributed by atoms with Crippen LogP contribution in [-0.2, 0) is 6.54 Å². The molecule has 3 nitrogen and oxygen atoms in total. The Hall–Kier alpha value is -0.870. The van der Waals surface area contributed by atoms with Gasteiger partial charge in [0.05, 0.1) is 5.52 Å². The second-order valence-corrected chi connectivity index (χ2v) is 4.94. The van der Waals surface area contributed by atoms with E-state index in [0.29, 0.717) is 12.6 Å². The molecule has 1 unspecified atom stereocenters. The van der Waals surface area contributed by atoms with Crippen LogP contribution in [0.1, 0.15) is 18.2 Å². The molecule has 0 saturated carbocycles. The van der Waals surface area contributed by atoms with Crippen molar-refractivity contribution in [3.8, 4) is 0 Å². The van der Waals surface area contributed by atoms with Gasteiger partial charge in [-0.2, -0.15) is 0 Å². The van der Waals surface area contributed by atoms with Crippen molar-refractivity contribution in [3.05, 3.63) is 41.6 Å². The number of fused-ring (bicyclic) bond motifs is 1. The molecule has 1 aromatic heterocycles. The highest BCUT2D eigenvalue weighted by atomic mass is 35.5. The van der Waals surface area contributed by atoms with Crippen molar-refractivity contribution in [2.75, 3.05) is 13.6 Å². The van der Waals surface area contributed by atoms with Crippen LogP contribution in [0.4, 0.5) is 0 Å². The SMILES string of the molecule is Cc1cc(CN(C)C(C)CN)c2ccccc2n1.Cl.Cl. The highest BCUT2D eigenvalue weighted by Crippen LogP contribution is 2.19. The molecule has 0 amide bonds. The van der Waals surface area contributed by atoms with Crippen molar-refractivity contribution in [2.45, 2.75) is 26.4 Å². The summed E-state index contributed by atoms with van der Waals surface area (Å²) in [4.78, 5) is 6.84. The summed E-state index contributed by atoms with van der Waals surface area (Å²) in [5, 5.41) is 1.24. The van der Waals surface area contributed by atoms with Crippen LogP contribution in [0, 0.1) is 6.92 Å². The van der Waals surface area contributed by atoms with Crippen LogP contribution in [0.3, 0.4) is 0 Å². The van der Waals surface area contributed by atoms with E-state index in [0.717, 1.165) is 17.8 Å². The maximum Gasteiger partial charge on any atom is 0.0708 e. The van der Waals surface area contributed by atoms with Crippen LogP contribution >= 0.6 is 24.8 Å². The topological polar surface area (TPSA) is 42.1 Å². The Balaban J connectivity index is 0.00000180. The third-order valence-corrected chi connectivity index (χ3v) is 3.44. The van der Waals surface area contributed by atoms with Crippen LogP contribution < -0.4 is 5.73 Å². The number of rotatable bonds is 4. The first-order valence-electron chi connectivity index (χ1n) is 6.37. The van der Waals surface area contributed by atoms with Crippen LogP contribution in [0.15, 0.2) is 30.3 Å². The summed E-state index contributed by atoms with van der Waals surface area (Å²) in [5.74, 6) is 0. The molecule has 0 aliphatic heterocycles. The van der Waals surface area contributed by atoms with Gasteiger partial charge < -0.3 is 5.73 Å². The Morgan fingerprint density at radius 3 is 2.55 bits per heavy atom. The molecule has 0 spiro atoms. The number of benzene rings is 1. The van der Waals surface area contributed by atoms with Gasteiger partial charge in [0.2, 0.25) is 0 Å². The largest absolute Gasteiger partial charge is 0.329 e. The minimum Gasteiger partial charge on any atom is -0.329 e. The fraction of sp³-hybridized carbons (Fsp3) is 0.400. The summed E-state index contributed by atoms with van der Waals surface area (Å²) in [5.41, 5.74) is 9.17. The van der Waals surface area contributed by atoms with Gasteiger partial charge in [0, 0.05) is 30.2 Å². The van der Waals surface area contributed by atoms with Crippen LogP contribution in [0.2, 0.25) is 0 Å². The highest BCUT2D eigenvalue weighted by Gasteiger charge is 2.10. The molecule has 0 saturated heterocycles. The fourth-order valence-corrected chi connectivity index (χ4v) is 2.13. The van der Waals surface area contributed by atoms with E-state index < -0.39 is 0 Å². The van der Waals surface area contributed by atoms with Gasteiger partial charge >= 0.3 is 0 Å². The zero-order chi connectivity index (χ0) is 13.1. The molecule has 0 aliphatic rings. The second kappa shape index (κ2) is 8.42. The molecule has 0 aliphatic carbocycles.